The van der Waals surface area contributed by atoms with Gasteiger partial charge in [0, 0.05) is 23.1 Å². The lowest BCUT2D eigenvalue weighted by atomic mass is 10.2. The molecular weight excluding hydrogens is 376 g/mol. The van der Waals surface area contributed by atoms with Gasteiger partial charge in [0.2, 0.25) is 5.91 Å². The van der Waals surface area contributed by atoms with E-state index < -0.39 is 0 Å². The summed E-state index contributed by atoms with van der Waals surface area (Å²) in [7, 11) is 0. The first-order valence-corrected chi connectivity index (χ1v) is 9.05. The van der Waals surface area contributed by atoms with Gasteiger partial charge in [0.15, 0.2) is 0 Å². The van der Waals surface area contributed by atoms with Crippen LogP contribution >= 0.6 is 11.6 Å². The molecule has 0 saturated heterocycles. The molecule has 0 atom stereocenters. The molecule has 0 aliphatic carbocycles. The number of benzene rings is 3. The minimum Gasteiger partial charge on any atom is -0.489 e. The van der Waals surface area contributed by atoms with Crippen molar-refractivity contribution >= 4 is 34.8 Å². The minimum absolute atomic E-state index is 0.207. The molecule has 0 fully saturated rings. The SMILES string of the molecule is CC(=O)Nc1ccccc1NC(=O)c1ccc(OCc2ccccc2Cl)cc1. The van der Waals surface area contributed by atoms with E-state index in [0.29, 0.717) is 34.3 Å². The van der Waals surface area contributed by atoms with E-state index in [-0.39, 0.29) is 11.8 Å². The van der Waals surface area contributed by atoms with Crippen molar-refractivity contribution < 1.29 is 14.3 Å². The molecule has 0 spiro atoms. The maximum absolute atomic E-state index is 12.5. The van der Waals surface area contributed by atoms with Gasteiger partial charge in [-0.3, -0.25) is 9.59 Å². The van der Waals surface area contributed by atoms with Crippen molar-refractivity contribution in [3.05, 3.63) is 88.9 Å². The Balaban J connectivity index is 1.64. The number of carbonyl (C=O) groups excluding carboxylic acids is 2. The van der Waals surface area contributed by atoms with Gasteiger partial charge in [0.05, 0.1) is 11.4 Å². The van der Waals surface area contributed by atoms with Crippen LogP contribution in [0.4, 0.5) is 11.4 Å². The Morgan fingerprint density at radius 2 is 1.46 bits per heavy atom. The standard InChI is InChI=1S/C22H19ClN2O3/c1-15(26)24-20-8-4-5-9-21(20)25-22(27)16-10-12-18(13-11-16)28-14-17-6-2-3-7-19(17)23/h2-13H,14H2,1H3,(H,24,26)(H,25,27). The summed E-state index contributed by atoms with van der Waals surface area (Å²) < 4.78 is 5.73. The summed E-state index contributed by atoms with van der Waals surface area (Å²) in [5, 5.41) is 6.15. The maximum Gasteiger partial charge on any atom is 0.255 e. The van der Waals surface area contributed by atoms with Crippen molar-refractivity contribution in [2.45, 2.75) is 13.5 Å². The highest BCUT2D eigenvalue weighted by Gasteiger charge is 2.10. The zero-order valence-electron chi connectivity index (χ0n) is 15.2. The Hall–Kier alpha value is -3.31. The molecule has 3 rings (SSSR count). The van der Waals surface area contributed by atoms with E-state index in [0.717, 1.165) is 5.56 Å². The summed E-state index contributed by atoms with van der Waals surface area (Å²) in [6.45, 7) is 1.76. The first kappa shape index (κ1) is 19.5. The molecule has 28 heavy (non-hydrogen) atoms. The summed E-state index contributed by atoms with van der Waals surface area (Å²) in [6, 6.07) is 21.3. The fourth-order valence-corrected chi connectivity index (χ4v) is 2.75. The van der Waals surface area contributed by atoms with Crippen LogP contribution in [0.5, 0.6) is 5.75 Å². The molecule has 2 amide bonds. The molecule has 0 aliphatic rings. The fourth-order valence-electron chi connectivity index (χ4n) is 2.56. The van der Waals surface area contributed by atoms with Crippen LogP contribution < -0.4 is 15.4 Å². The van der Waals surface area contributed by atoms with E-state index in [4.69, 9.17) is 16.3 Å². The Labute approximate surface area is 168 Å². The molecule has 3 aromatic carbocycles. The lowest BCUT2D eigenvalue weighted by Gasteiger charge is -2.12. The van der Waals surface area contributed by atoms with Gasteiger partial charge < -0.3 is 15.4 Å². The van der Waals surface area contributed by atoms with E-state index in [9.17, 15) is 9.59 Å². The molecule has 0 aliphatic heterocycles. The maximum atomic E-state index is 12.5. The van der Waals surface area contributed by atoms with Gasteiger partial charge in [0.1, 0.15) is 12.4 Å². The van der Waals surface area contributed by atoms with E-state index in [1.165, 1.54) is 6.92 Å². The number of amides is 2. The fraction of sp³-hybridized carbons (Fsp3) is 0.0909. The normalized spacial score (nSPS) is 10.2. The third-order valence-electron chi connectivity index (χ3n) is 3.95. The monoisotopic (exact) mass is 394 g/mol. The van der Waals surface area contributed by atoms with Crippen LogP contribution in [0.25, 0.3) is 0 Å². The molecule has 3 aromatic rings. The predicted octanol–water partition coefficient (Wildman–Crippen LogP) is 5.13. The first-order valence-electron chi connectivity index (χ1n) is 8.67. The molecule has 2 N–H and O–H groups in total. The van der Waals surface area contributed by atoms with Crippen LogP contribution in [0, 0.1) is 0 Å². The van der Waals surface area contributed by atoms with Gasteiger partial charge in [0.25, 0.3) is 5.91 Å². The van der Waals surface area contributed by atoms with E-state index in [2.05, 4.69) is 10.6 Å². The lowest BCUT2D eigenvalue weighted by molar-refractivity contribution is -0.114. The summed E-state index contributed by atoms with van der Waals surface area (Å²) in [4.78, 5) is 23.8. The summed E-state index contributed by atoms with van der Waals surface area (Å²) >= 11 is 6.12. The number of hydrogen-bond acceptors (Lipinski definition) is 3. The van der Waals surface area contributed by atoms with Crippen molar-refractivity contribution in [2.75, 3.05) is 10.6 Å². The van der Waals surface area contributed by atoms with Gasteiger partial charge in [-0.15, -0.1) is 0 Å². The number of ether oxygens (including phenoxy) is 1. The van der Waals surface area contributed by atoms with Gasteiger partial charge in [-0.1, -0.05) is 41.9 Å². The second-order valence-electron chi connectivity index (χ2n) is 6.09. The molecule has 0 radical (unpaired) electrons. The number of hydrogen-bond donors (Lipinski definition) is 2. The van der Waals surface area contributed by atoms with Crippen molar-refractivity contribution in [2.24, 2.45) is 0 Å². The van der Waals surface area contributed by atoms with Gasteiger partial charge in [-0.05, 0) is 42.5 Å². The van der Waals surface area contributed by atoms with Crippen LogP contribution in [0.1, 0.15) is 22.8 Å². The highest BCUT2D eigenvalue weighted by molar-refractivity contribution is 6.31. The summed E-state index contributed by atoms with van der Waals surface area (Å²) in [6.07, 6.45) is 0. The number of rotatable bonds is 6. The van der Waals surface area contributed by atoms with Gasteiger partial charge in [-0.2, -0.15) is 0 Å². The predicted molar refractivity (Wildman–Crippen MR) is 111 cm³/mol. The third-order valence-corrected chi connectivity index (χ3v) is 4.32. The molecule has 142 valence electrons. The zero-order chi connectivity index (χ0) is 19.9. The number of carbonyl (C=O) groups is 2. The van der Waals surface area contributed by atoms with Gasteiger partial charge in [-0.25, -0.2) is 0 Å². The Bertz CT molecular complexity index is 987. The molecule has 0 unspecified atom stereocenters. The first-order chi connectivity index (χ1) is 13.5. The number of halogens is 1. The lowest BCUT2D eigenvalue weighted by Crippen LogP contribution is -2.15. The molecule has 5 nitrogen and oxygen atoms in total. The van der Waals surface area contributed by atoms with E-state index in [1.54, 1.807) is 48.5 Å². The van der Waals surface area contributed by atoms with Crippen molar-refractivity contribution in [1.82, 2.24) is 0 Å². The molecular formula is C22H19ClN2O3. The topological polar surface area (TPSA) is 67.4 Å². The van der Waals surface area contributed by atoms with Crippen molar-refractivity contribution in [3.63, 3.8) is 0 Å². The smallest absolute Gasteiger partial charge is 0.255 e. The van der Waals surface area contributed by atoms with Crippen LogP contribution in [0.3, 0.4) is 0 Å². The van der Waals surface area contributed by atoms with Crippen molar-refractivity contribution in [1.29, 1.82) is 0 Å². The van der Waals surface area contributed by atoms with E-state index in [1.807, 2.05) is 24.3 Å². The van der Waals surface area contributed by atoms with Crippen LogP contribution in [-0.4, -0.2) is 11.8 Å². The highest BCUT2D eigenvalue weighted by atomic mass is 35.5. The van der Waals surface area contributed by atoms with Crippen molar-refractivity contribution in [3.8, 4) is 5.75 Å². The third kappa shape index (κ3) is 5.11. The van der Waals surface area contributed by atoms with Crippen LogP contribution in [-0.2, 0) is 11.4 Å². The van der Waals surface area contributed by atoms with E-state index >= 15 is 0 Å². The summed E-state index contributed by atoms with van der Waals surface area (Å²) in [5.41, 5.74) is 2.44. The molecule has 0 heterocycles. The number of anilines is 2. The Kier molecular flexibility index (Phi) is 6.29. The second kappa shape index (κ2) is 9.06. The van der Waals surface area contributed by atoms with Crippen LogP contribution in [0.15, 0.2) is 72.8 Å². The number of nitrogens with one attached hydrogen (secondary N) is 2. The minimum atomic E-state index is -0.282. The Morgan fingerprint density at radius 3 is 2.11 bits per heavy atom. The number of para-hydroxylation sites is 2. The average molecular weight is 395 g/mol. The average Bonchev–Trinajstić information content (AvgIpc) is 2.69. The Morgan fingerprint density at radius 1 is 0.857 bits per heavy atom. The molecule has 0 aromatic heterocycles. The van der Waals surface area contributed by atoms with Gasteiger partial charge >= 0.3 is 0 Å². The quantitative estimate of drug-likeness (QED) is 0.609. The highest BCUT2D eigenvalue weighted by Crippen LogP contribution is 2.23. The molecule has 6 heteroatoms. The molecule has 0 saturated carbocycles. The van der Waals surface area contributed by atoms with Crippen LogP contribution in [0.2, 0.25) is 5.02 Å². The molecule has 0 bridgehead atoms. The zero-order valence-corrected chi connectivity index (χ0v) is 16.0. The largest absolute Gasteiger partial charge is 0.489 e. The summed E-state index contributed by atoms with van der Waals surface area (Å²) in [5.74, 6) is 0.146. The second-order valence-corrected chi connectivity index (χ2v) is 6.49.